The van der Waals surface area contributed by atoms with Gasteiger partial charge in [-0.05, 0) is 37.0 Å². The SMILES string of the molecule is N#CC1(C(O)c2ccc3c(c2)OCO3)CC2CCC1O2. The molecule has 3 heterocycles. The minimum Gasteiger partial charge on any atom is -0.454 e. The normalized spacial score (nSPS) is 35.0. The maximum Gasteiger partial charge on any atom is 0.231 e. The van der Waals surface area contributed by atoms with Crippen LogP contribution in [0.4, 0.5) is 0 Å². The molecule has 1 N–H and O–H groups in total. The summed E-state index contributed by atoms with van der Waals surface area (Å²) in [6.45, 7) is 0.200. The molecule has 0 aromatic heterocycles. The van der Waals surface area contributed by atoms with Crippen LogP contribution in [0.5, 0.6) is 11.5 Å². The summed E-state index contributed by atoms with van der Waals surface area (Å²) in [7, 11) is 0. The summed E-state index contributed by atoms with van der Waals surface area (Å²) in [5.41, 5.74) is -0.150. The molecule has 4 rings (SSSR count). The minimum absolute atomic E-state index is 0.114. The zero-order valence-electron chi connectivity index (χ0n) is 10.9. The standard InChI is InChI=1S/C15H15NO4/c16-7-15(6-10-2-4-13(15)20-10)14(17)9-1-3-11-12(5-9)19-8-18-11/h1,3,5,10,13-14,17H,2,4,6,8H2. The average Bonchev–Trinajstić information content (AvgIpc) is 3.20. The van der Waals surface area contributed by atoms with Gasteiger partial charge in [-0.2, -0.15) is 5.26 Å². The van der Waals surface area contributed by atoms with Gasteiger partial charge in [0.1, 0.15) is 11.5 Å². The van der Waals surface area contributed by atoms with Gasteiger partial charge < -0.3 is 19.3 Å². The van der Waals surface area contributed by atoms with Crippen LogP contribution >= 0.6 is 0 Å². The summed E-state index contributed by atoms with van der Waals surface area (Å²) in [5.74, 6) is 1.30. The number of aliphatic hydroxyl groups excluding tert-OH is 1. The van der Waals surface area contributed by atoms with Crippen LogP contribution in [0.15, 0.2) is 18.2 Å². The number of benzene rings is 1. The van der Waals surface area contributed by atoms with Crippen molar-refractivity contribution in [1.82, 2.24) is 0 Å². The molecule has 0 radical (unpaired) electrons. The Morgan fingerprint density at radius 2 is 2.15 bits per heavy atom. The molecule has 2 saturated heterocycles. The van der Waals surface area contributed by atoms with Gasteiger partial charge in [0.05, 0.1) is 18.3 Å². The molecule has 3 aliphatic rings. The number of nitrogens with zero attached hydrogens (tertiary/aromatic N) is 1. The first-order valence-electron chi connectivity index (χ1n) is 6.87. The lowest BCUT2D eigenvalue weighted by Crippen LogP contribution is -2.37. The van der Waals surface area contributed by atoms with Crippen molar-refractivity contribution in [2.24, 2.45) is 5.41 Å². The number of fused-ring (bicyclic) bond motifs is 3. The molecule has 20 heavy (non-hydrogen) atoms. The van der Waals surface area contributed by atoms with E-state index in [-0.39, 0.29) is 19.0 Å². The van der Waals surface area contributed by atoms with Crippen molar-refractivity contribution in [2.75, 3.05) is 6.79 Å². The van der Waals surface area contributed by atoms with E-state index in [0.29, 0.717) is 23.5 Å². The molecule has 0 amide bonds. The van der Waals surface area contributed by atoms with Gasteiger partial charge in [-0.1, -0.05) is 6.07 Å². The van der Waals surface area contributed by atoms with Crippen LogP contribution < -0.4 is 9.47 Å². The quantitative estimate of drug-likeness (QED) is 0.891. The Labute approximate surface area is 116 Å². The summed E-state index contributed by atoms with van der Waals surface area (Å²) in [6, 6.07) is 7.66. The second-order valence-electron chi connectivity index (χ2n) is 5.70. The summed E-state index contributed by atoms with van der Waals surface area (Å²) in [6.07, 6.45) is 1.52. The lowest BCUT2D eigenvalue weighted by molar-refractivity contribution is 0.00333. The molecule has 104 valence electrons. The number of rotatable bonds is 2. The molecular formula is C15H15NO4. The highest BCUT2D eigenvalue weighted by Crippen LogP contribution is 2.54. The first kappa shape index (κ1) is 12.0. The Morgan fingerprint density at radius 3 is 2.85 bits per heavy atom. The molecule has 0 spiro atoms. The van der Waals surface area contributed by atoms with Gasteiger partial charge in [-0.25, -0.2) is 0 Å². The summed E-state index contributed by atoms with van der Waals surface area (Å²) >= 11 is 0. The van der Waals surface area contributed by atoms with Crippen molar-refractivity contribution in [2.45, 2.75) is 37.6 Å². The van der Waals surface area contributed by atoms with Crippen LogP contribution in [-0.4, -0.2) is 24.1 Å². The van der Waals surface area contributed by atoms with Crippen molar-refractivity contribution in [3.05, 3.63) is 23.8 Å². The van der Waals surface area contributed by atoms with E-state index in [1.54, 1.807) is 18.2 Å². The van der Waals surface area contributed by atoms with Gasteiger partial charge in [0.25, 0.3) is 0 Å². The highest BCUT2D eigenvalue weighted by atomic mass is 16.7. The average molecular weight is 273 g/mol. The third-order valence-electron chi connectivity index (χ3n) is 4.66. The summed E-state index contributed by atoms with van der Waals surface area (Å²) < 4.78 is 16.4. The zero-order chi connectivity index (χ0) is 13.7. The van der Waals surface area contributed by atoms with Crippen LogP contribution in [0.25, 0.3) is 0 Å². The van der Waals surface area contributed by atoms with Gasteiger partial charge >= 0.3 is 0 Å². The van der Waals surface area contributed by atoms with E-state index in [0.717, 1.165) is 12.8 Å². The molecule has 3 aliphatic heterocycles. The Morgan fingerprint density at radius 1 is 1.30 bits per heavy atom. The smallest absolute Gasteiger partial charge is 0.231 e. The van der Waals surface area contributed by atoms with E-state index in [4.69, 9.17) is 14.2 Å². The molecule has 1 aromatic carbocycles. The van der Waals surface area contributed by atoms with Gasteiger partial charge in [0.2, 0.25) is 6.79 Å². The van der Waals surface area contributed by atoms with Crippen molar-refractivity contribution < 1.29 is 19.3 Å². The Bertz CT molecular complexity index is 596. The second-order valence-corrected chi connectivity index (χ2v) is 5.70. The number of aliphatic hydroxyl groups is 1. The number of nitriles is 1. The van der Waals surface area contributed by atoms with Gasteiger partial charge in [0.15, 0.2) is 11.5 Å². The third-order valence-corrected chi connectivity index (χ3v) is 4.66. The molecule has 5 heteroatoms. The molecule has 2 bridgehead atoms. The fraction of sp³-hybridized carbons (Fsp3) is 0.533. The summed E-state index contributed by atoms with van der Waals surface area (Å²) in [5, 5.41) is 20.3. The van der Waals surface area contributed by atoms with Gasteiger partial charge in [-0.15, -0.1) is 0 Å². The van der Waals surface area contributed by atoms with Crippen LogP contribution in [0.3, 0.4) is 0 Å². The molecule has 2 fully saturated rings. The number of hydrogen-bond acceptors (Lipinski definition) is 5. The molecule has 5 nitrogen and oxygen atoms in total. The van der Waals surface area contributed by atoms with Crippen LogP contribution in [-0.2, 0) is 4.74 Å². The van der Waals surface area contributed by atoms with E-state index >= 15 is 0 Å². The van der Waals surface area contributed by atoms with Crippen LogP contribution in [0.1, 0.15) is 30.9 Å². The minimum atomic E-state index is -0.864. The summed E-state index contributed by atoms with van der Waals surface area (Å²) in [4.78, 5) is 0. The Kier molecular flexibility index (Phi) is 2.47. The van der Waals surface area contributed by atoms with Crippen LogP contribution in [0.2, 0.25) is 0 Å². The van der Waals surface area contributed by atoms with Crippen molar-refractivity contribution >= 4 is 0 Å². The number of hydrogen-bond donors (Lipinski definition) is 1. The highest BCUT2D eigenvalue weighted by molar-refractivity contribution is 5.46. The largest absolute Gasteiger partial charge is 0.454 e. The molecule has 4 unspecified atom stereocenters. The predicted molar refractivity (Wildman–Crippen MR) is 68.1 cm³/mol. The van der Waals surface area contributed by atoms with Crippen molar-refractivity contribution in [1.29, 1.82) is 5.26 Å². The maximum absolute atomic E-state index is 10.7. The zero-order valence-corrected chi connectivity index (χ0v) is 10.9. The fourth-order valence-corrected chi connectivity index (χ4v) is 3.59. The molecular weight excluding hydrogens is 258 g/mol. The van der Waals surface area contributed by atoms with Crippen LogP contribution in [0, 0.1) is 16.7 Å². The Hall–Kier alpha value is -1.77. The van der Waals surface area contributed by atoms with E-state index < -0.39 is 11.5 Å². The monoisotopic (exact) mass is 273 g/mol. The third kappa shape index (κ3) is 1.49. The van der Waals surface area contributed by atoms with E-state index in [2.05, 4.69) is 6.07 Å². The molecule has 0 aliphatic carbocycles. The topological polar surface area (TPSA) is 71.7 Å². The predicted octanol–water partition coefficient (Wildman–Crippen LogP) is 1.91. The van der Waals surface area contributed by atoms with Crippen molar-refractivity contribution in [3.63, 3.8) is 0 Å². The van der Waals surface area contributed by atoms with Crippen molar-refractivity contribution in [3.8, 4) is 17.6 Å². The van der Waals surface area contributed by atoms with E-state index in [9.17, 15) is 10.4 Å². The van der Waals surface area contributed by atoms with Gasteiger partial charge in [-0.3, -0.25) is 0 Å². The molecule has 4 atom stereocenters. The molecule has 1 aromatic rings. The fourth-order valence-electron chi connectivity index (χ4n) is 3.59. The van der Waals surface area contributed by atoms with E-state index in [1.165, 1.54) is 0 Å². The molecule has 0 saturated carbocycles. The van der Waals surface area contributed by atoms with E-state index in [1.807, 2.05) is 0 Å². The maximum atomic E-state index is 10.7. The first-order valence-corrected chi connectivity index (χ1v) is 6.87. The lowest BCUT2D eigenvalue weighted by Gasteiger charge is -2.33. The number of ether oxygens (including phenoxy) is 3. The van der Waals surface area contributed by atoms with Gasteiger partial charge in [0, 0.05) is 0 Å². The highest BCUT2D eigenvalue weighted by Gasteiger charge is 2.57. The first-order chi connectivity index (χ1) is 9.73. The Balaban J connectivity index is 1.70. The lowest BCUT2D eigenvalue weighted by atomic mass is 9.69. The second kappa shape index (κ2) is 4.11.